The summed E-state index contributed by atoms with van der Waals surface area (Å²) in [7, 11) is 0. The van der Waals surface area contributed by atoms with Gasteiger partial charge in [-0.25, -0.2) is 15.0 Å². The summed E-state index contributed by atoms with van der Waals surface area (Å²) in [6.07, 6.45) is 5.91. The number of aromatic amines is 1. The molecule has 1 atom stereocenters. The molecule has 1 N–H and O–H groups in total. The Bertz CT molecular complexity index is 480. The first-order chi connectivity index (χ1) is 7.93. The molecule has 1 aliphatic heterocycles. The molecule has 84 valence electrons. The Hall–Kier alpha value is -1.14. The van der Waals surface area contributed by atoms with Gasteiger partial charge in [0.05, 0.1) is 12.4 Å². The lowest BCUT2D eigenvalue weighted by Crippen LogP contribution is -2.08. The molecule has 5 nitrogen and oxygen atoms in total. The van der Waals surface area contributed by atoms with E-state index in [4.69, 9.17) is 4.74 Å². The average molecular weight is 236 g/mol. The summed E-state index contributed by atoms with van der Waals surface area (Å²) < 4.78 is 5.58. The molecular weight excluding hydrogens is 224 g/mol. The van der Waals surface area contributed by atoms with Crippen molar-refractivity contribution in [3.05, 3.63) is 12.7 Å². The van der Waals surface area contributed by atoms with Crippen molar-refractivity contribution in [2.45, 2.75) is 24.0 Å². The first-order valence-corrected chi connectivity index (χ1v) is 6.30. The van der Waals surface area contributed by atoms with E-state index in [9.17, 15) is 0 Å². The van der Waals surface area contributed by atoms with Gasteiger partial charge in [0.2, 0.25) is 0 Å². The molecule has 2 aromatic rings. The van der Waals surface area contributed by atoms with Crippen LogP contribution in [0.4, 0.5) is 0 Å². The monoisotopic (exact) mass is 236 g/mol. The number of rotatable bonds is 3. The molecule has 0 saturated carbocycles. The fraction of sp³-hybridized carbons (Fsp3) is 0.500. The van der Waals surface area contributed by atoms with Crippen molar-refractivity contribution in [2.24, 2.45) is 0 Å². The molecule has 0 aliphatic carbocycles. The summed E-state index contributed by atoms with van der Waals surface area (Å²) in [5, 5.41) is 0.956. The Morgan fingerprint density at radius 2 is 2.44 bits per heavy atom. The van der Waals surface area contributed by atoms with Crippen molar-refractivity contribution in [2.75, 3.05) is 12.4 Å². The highest BCUT2D eigenvalue weighted by Crippen LogP contribution is 2.25. The van der Waals surface area contributed by atoms with Crippen LogP contribution in [0, 0.1) is 0 Å². The standard InChI is InChI=1S/C10H12N4OS/c1-2-7(15-3-1)4-16-10-8-9(12-5-11-8)13-6-14-10/h5-7H,1-4H2,(H,11,12,13,14)/t7-/m1/s1. The third-order valence-electron chi connectivity index (χ3n) is 2.62. The molecule has 16 heavy (non-hydrogen) atoms. The van der Waals surface area contributed by atoms with Crippen LogP contribution in [0.2, 0.25) is 0 Å². The van der Waals surface area contributed by atoms with Crippen LogP contribution >= 0.6 is 11.8 Å². The summed E-state index contributed by atoms with van der Waals surface area (Å²) in [5.74, 6) is 0.950. The number of ether oxygens (including phenoxy) is 1. The fourth-order valence-corrected chi connectivity index (χ4v) is 2.82. The van der Waals surface area contributed by atoms with Gasteiger partial charge in [-0.3, -0.25) is 0 Å². The lowest BCUT2D eigenvalue weighted by atomic mass is 10.3. The fourth-order valence-electron chi connectivity index (χ4n) is 1.80. The van der Waals surface area contributed by atoms with E-state index in [1.165, 1.54) is 6.42 Å². The maximum absolute atomic E-state index is 5.58. The molecule has 0 aromatic carbocycles. The van der Waals surface area contributed by atoms with Crippen molar-refractivity contribution in [1.29, 1.82) is 0 Å². The minimum absolute atomic E-state index is 0.373. The third-order valence-corrected chi connectivity index (χ3v) is 3.74. The molecule has 3 heterocycles. The Labute approximate surface area is 97.0 Å². The predicted molar refractivity (Wildman–Crippen MR) is 61.4 cm³/mol. The molecule has 0 unspecified atom stereocenters. The summed E-state index contributed by atoms with van der Waals surface area (Å²) in [5.41, 5.74) is 1.65. The van der Waals surface area contributed by atoms with Gasteiger partial charge >= 0.3 is 0 Å². The van der Waals surface area contributed by atoms with Gasteiger partial charge in [-0.2, -0.15) is 0 Å². The quantitative estimate of drug-likeness (QED) is 0.648. The normalized spacial score (nSPS) is 20.6. The van der Waals surface area contributed by atoms with E-state index < -0.39 is 0 Å². The topological polar surface area (TPSA) is 63.7 Å². The first kappa shape index (κ1) is 10.0. The zero-order valence-electron chi connectivity index (χ0n) is 8.72. The second kappa shape index (κ2) is 4.39. The number of fused-ring (bicyclic) bond motifs is 1. The van der Waals surface area contributed by atoms with Crippen molar-refractivity contribution in [3.63, 3.8) is 0 Å². The van der Waals surface area contributed by atoms with E-state index in [0.29, 0.717) is 6.10 Å². The van der Waals surface area contributed by atoms with Gasteiger partial charge in [-0.15, -0.1) is 11.8 Å². The molecular formula is C10H12N4OS. The molecule has 1 aliphatic rings. The van der Waals surface area contributed by atoms with Gasteiger partial charge in [-0.1, -0.05) is 0 Å². The second-order valence-electron chi connectivity index (χ2n) is 3.73. The molecule has 1 saturated heterocycles. The molecule has 3 rings (SSSR count). The molecule has 6 heteroatoms. The number of nitrogens with zero attached hydrogens (tertiary/aromatic N) is 3. The van der Waals surface area contributed by atoms with Crippen LogP contribution in [-0.2, 0) is 4.74 Å². The highest BCUT2D eigenvalue weighted by Gasteiger charge is 2.16. The number of aromatic nitrogens is 4. The molecule has 1 fully saturated rings. The Balaban J connectivity index is 1.75. The average Bonchev–Trinajstić information content (AvgIpc) is 2.97. The summed E-state index contributed by atoms with van der Waals surface area (Å²) in [4.78, 5) is 15.5. The number of thioether (sulfide) groups is 1. The first-order valence-electron chi connectivity index (χ1n) is 5.32. The van der Waals surface area contributed by atoms with Crippen LogP contribution in [0.1, 0.15) is 12.8 Å². The van der Waals surface area contributed by atoms with Crippen LogP contribution in [-0.4, -0.2) is 38.4 Å². The van der Waals surface area contributed by atoms with Gasteiger partial charge in [0.1, 0.15) is 16.9 Å². The van der Waals surface area contributed by atoms with Crippen LogP contribution < -0.4 is 0 Å². The Kier molecular flexibility index (Phi) is 2.75. The smallest absolute Gasteiger partial charge is 0.181 e. The van der Waals surface area contributed by atoms with Crippen LogP contribution in [0.5, 0.6) is 0 Å². The van der Waals surface area contributed by atoms with Crippen molar-refractivity contribution in [1.82, 2.24) is 19.9 Å². The minimum Gasteiger partial charge on any atom is -0.377 e. The molecule has 0 spiro atoms. The number of hydrogen-bond donors (Lipinski definition) is 1. The summed E-state index contributed by atoms with van der Waals surface area (Å²) in [6, 6.07) is 0. The molecule has 0 bridgehead atoms. The number of H-pyrrole nitrogens is 1. The van der Waals surface area contributed by atoms with E-state index in [0.717, 1.165) is 35.0 Å². The lowest BCUT2D eigenvalue weighted by molar-refractivity contribution is 0.129. The Morgan fingerprint density at radius 3 is 3.31 bits per heavy atom. The van der Waals surface area contributed by atoms with E-state index in [2.05, 4.69) is 19.9 Å². The van der Waals surface area contributed by atoms with Crippen LogP contribution in [0.3, 0.4) is 0 Å². The molecule has 2 aromatic heterocycles. The summed E-state index contributed by atoms with van der Waals surface area (Å²) >= 11 is 1.70. The van der Waals surface area contributed by atoms with E-state index in [-0.39, 0.29) is 0 Å². The lowest BCUT2D eigenvalue weighted by Gasteiger charge is -2.07. The van der Waals surface area contributed by atoms with Gasteiger partial charge in [0.15, 0.2) is 5.65 Å². The largest absolute Gasteiger partial charge is 0.377 e. The highest BCUT2D eigenvalue weighted by atomic mass is 32.2. The molecule has 0 amide bonds. The number of imidazole rings is 1. The van der Waals surface area contributed by atoms with Crippen molar-refractivity contribution < 1.29 is 4.74 Å². The van der Waals surface area contributed by atoms with Crippen LogP contribution in [0.25, 0.3) is 11.2 Å². The minimum atomic E-state index is 0.373. The second-order valence-corrected chi connectivity index (χ2v) is 4.73. The van der Waals surface area contributed by atoms with Crippen molar-refractivity contribution >= 4 is 22.9 Å². The van der Waals surface area contributed by atoms with E-state index >= 15 is 0 Å². The summed E-state index contributed by atoms with van der Waals surface area (Å²) in [6.45, 7) is 0.897. The van der Waals surface area contributed by atoms with E-state index in [1.807, 2.05) is 0 Å². The van der Waals surface area contributed by atoms with Crippen molar-refractivity contribution in [3.8, 4) is 0 Å². The van der Waals surface area contributed by atoms with Gasteiger partial charge < -0.3 is 9.72 Å². The maximum atomic E-state index is 5.58. The number of nitrogens with one attached hydrogen (secondary N) is 1. The van der Waals surface area contributed by atoms with Gasteiger partial charge in [0.25, 0.3) is 0 Å². The zero-order chi connectivity index (χ0) is 10.8. The maximum Gasteiger partial charge on any atom is 0.181 e. The van der Waals surface area contributed by atoms with Crippen LogP contribution in [0.15, 0.2) is 17.7 Å². The third kappa shape index (κ3) is 1.90. The SMILES string of the molecule is c1nc(SC[C@H]2CCCO2)c2[nH]cnc2n1. The number of hydrogen-bond acceptors (Lipinski definition) is 5. The van der Waals surface area contributed by atoms with Gasteiger partial charge in [-0.05, 0) is 12.8 Å². The Morgan fingerprint density at radius 1 is 1.44 bits per heavy atom. The molecule has 0 radical (unpaired) electrons. The van der Waals surface area contributed by atoms with Gasteiger partial charge in [0, 0.05) is 12.4 Å². The van der Waals surface area contributed by atoms with E-state index in [1.54, 1.807) is 24.4 Å². The predicted octanol–water partition coefficient (Wildman–Crippen LogP) is 1.62. The highest BCUT2D eigenvalue weighted by molar-refractivity contribution is 7.99. The zero-order valence-corrected chi connectivity index (χ0v) is 9.54.